The van der Waals surface area contributed by atoms with Gasteiger partial charge >= 0.3 is 11.9 Å². The molecule has 24 heavy (non-hydrogen) atoms. The van der Waals surface area contributed by atoms with E-state index in [0.717, 1.165) is 0 Å². The molecule has 0 spiro atoms. The monoisotopic (exact) mass is 346 g/mol. The van der Waals surface area contributed by atoms with E-state index in [0.29, 0.717) is 19.4 Å². The average Bonchev–Trinajstić information content (AvgIpc) is 2.51. The van der Waals surface area contributed by atoms with Gasteiger partial charge in [0.1, 0.15) is 12.1 Å². The van der Waals surface area contributed by atoms with Gasteiger partial charge in [0.2, 0.25) is 11.8 Å². The highest BCUT2D eigenvalue weighted by molar-refractivity contribution is 5.91. The van der Waals surface area contributed by atoms with Gasteiger partial charge in [0.15, 0.2) is 0 Å². The molecule has 0 unspecified atom stereocenters. The average molecular weight is 346 g/mol. The number of hydrogen-bond donors (Lipinski definition) is 6. The van der Waals surface area contributed by atoms with E-state index >= 15 is 0 Å². The molecule has 0 heterocycles. The van der Waals surface area contributed by atoms with Crippen LogP contribution in [0.4, 0.5) is 0 Å². The summed E-state index contributed by atoms with van der Waals surface area (Å²) in [5.41, 5.74) is 11.0. The van der Waals surface area contributed by atoms with Crippen LogP contribution in [0.15, 0.2) is 0 Å². The number of carboxylic acid groups (broad SMARTS) is 2. The SMILES string of the molecule is C[C@@H](NC(=O)[C@H](CCCCN)NC(=O)[C@H](N)CCC(=O)O)C(=O)O. The number of carboxylic acids is 2. The number of nitrogens with one attached hydrogen (secondary N) is 2. The second kappa shape index (κ2) is 11.4. The van der Waals surface area contributed by atoms with Crippen molar-refractivity contribution in [2.75, 3.05) is 6.54 Å². The van der Waals surface area contributed by atoms with Gasteiger partial charge in [0.05, 0.1) is 6.04 Å². The number of nitrogens with two attached hydrogens (primary N) is 2. The molecule has 0 aliphatic carbocycles. The summed E-state index contributed by atoms with van der Waals surface area (Å²) in [5.74, 6) is -3.58. The fourth-order valence-corrected chi connectivity index (χ4v) is 1.83. The lowest BCUT2D eigenvalue weighted by molar-refractivity contribution is -0.141. The molecule has 10 nitrogen and oxygen atoms in total. The molecular weight excluding hydrogens is 320 g/mol. The minimum atomic E-state index is -1.20. The Morgan fingerprint density at radius 1 is 1.00 bits per heavy atom. The zero-order valence-corrected chi connectivity index (χ0v) is 13.7. The maximum atomic E-state index is 12.1. The van der Waals surface area contributed by atoms with Crippen LogP contribution in [0.5, 0.6) is 0 Å². The molecule has 0 saturated carbocycles. The van der Waals surface area contributed by atoms with Gasteiger partial charge in [0.25, 0.3) is 0 Å². The minimum Gasteiger partial charge on any atom is -0.481 e. The summed E-state index contributed by atoms with van der Waals surface area (Å²) in [5, 5.41) is 22.1. The number of unbranched alkanes of at least 4 members (excludes halogenated alkanes) is 1. The first-order valence-corrected chi connectivity index (χ1v) is 7.70. The lowest BCUT2D eigenvalue weighted by atomic mass is 10.1. The quantitative estimate of drug-likeness (QED) is 0.228. The van der Waals surface area contributed by atoms with Crippen LogP contribution in [-0.4, -0.2) is 58.6 Å². The Bertz CT molecular complexity index is 457. The van der Waals surface area contributed by atoms with E-state index in [1.807, 2.05) is 0 Å². The van der Waals surface area contributed by atoms with E-state index in [1.165, 1.54) is 6.92 Å². The number of carbonyl (C=O) groups excluding carboxylic acids is 2. The van der Waals surface area contributed by atoms with E-state index < -0.39 is 41.9 Å². The van der Waals surface area contributed by atoms with Crippen molar-refractivity contribution in [3.05, 3.63) is 0 Å². The van der Waals surface area contributed by atoms with Gasteiger partial charge in [0, 0.05) is 6.42 Å². The largest absolute Gasteiger partial charge is 0.481 e. The van der Waals surface area contributed by atoms with Gasteiger partial charge in [-0.3, -0.25) is 19.2 Å². The molecule has 10 heteroatoms. The van der Waals surface area contributed by atoms with Crippen LogP contribution in [0.25, 0.3) is 0 Å². The Balaban J connectivity index is 4.74. The molecule has 0 aromatic carbocycles. The van der Waals surface area contributed by atoms with Gasteiger partial charge in [-0.2, -0.15) is 0 Å². The molecule has 3 atom stereocenters. The highest BCUT2D eigenvalue weighted by Gasteiger charge is 2.26. The van der Waals surface area contributed by atoms with Gasteiger partial charge in [-0.1, -0.05) is 0 Å². The normalized spacial score (nSPS) is 14.3. The number of aliphatic carboxylic acids is 2. The predicted molar refractivity (Wildman–Crippen MR) is 84.9 cm³/mol. The number of carbonyl (C=O) groups is 4. The van der Waals surface area contributed by atoms with Crippen LogP contribution in [0.1, 0.15) is 39.0 Å². The first-order valence-electron chi connectivity index (χ1n) is 7.70. The third-order valence-electron chi connectivity index (χ3n) is 3.32. The lowest BCUT2D eigenvalue weighted by Crippen LogP contribution is -2.54. The summed E-state index contributed by atoms with van der Waals surface area (Å²) in [6.45, 7) is 1.73. The Morgan fingerprint density at radius 3 is 2.12 bits per heavy atom. The van der Waals surface area contributed by atoms with Gasteiger partial charge in [-0.25, -0.2) is 0 Å². The second-order valence-electron chi connectivity index (χ2n) is 5.45. The molecule has 0 rings (SSSR count). The van der Waals surface area contributed by atoms with Crippen molar-refractivity contribution in [2.45, 2.75) is 57.2 Å². The molecule has 8 N–H and O–H groups in total. The fraction of sp³-hybridized carbons (Fsp3) is 0.714. The molecule has 0 aromatic heterocycles. The van der Waals surface area contributed by atoms with Crippen molar-refractivity contribution >= 4 is 23.8 Å². The summed E-state index contributed by atoms with van der Waals surface area (Å²) in [7, 11) is 0. The Hall–Kier alpha value is -2.20. The van der Waals surface area contributed by atoms with E-state index in [2.05, 4.69) is 10.6 Å². The molecule has 0 radical (unpaired) electrons. The van der Waals surface area contributed by atoms with Gasteiger partial charge in [-0.05, 0) is 39.2 Å². The van der Waals surface area contributed by atoms with Gasteiger partial charge < -0.3 is 32.3 Å². The van der Waals surface area contributed by atoms with Crippen molar-refractivity contribution in [2.24, 2.45) is 11.5 Å². The Labute approximate surface area is 139 Å². The summed E-state index contributed by atoms with van der Waals surface area (Å²) in [6.07, 6.45) is 1.13. The highest BCUT2D eigenvalue weighted by atomic mass is 16.4. The molecule has 0 saturated heterocycles. The van der Waals surface area contributed by atoms with Crippen LogP contribution < -0.4 is 22.1 Å². The lowest BCUT2D eigenvalue weighted by Gasteiger charge is -2.21. The van der Waals surface area contributed by atoms with Crippen molar-refractivity contribution < 1.29 is 29.4 Å². The van der Waals surface area contributed by atoms with Crippen molar-refractivity contribution in [3.8, 4) is 0 Å². The highest BCUT2D eigenvalue weighted by Crippen LogP contribution is 2.03. The summed E-state index contributed by atoms with van der Waals surface area (Å²) < 4.78 is 0. The maximum absolute atomic E-state index is 12.1. The van der Waals surface area contributed by atoms with Crippen LogP contribution in [0.2, 0.25) is 0 Å². The smallest absolute Gasteiger partial charge is 0.325 e. The first-order chi connectivity index (χ1) is 11.2. The number of amides is 2. The fourth-order valence-electron chi connectivity index (χ4n) is 1.83. The topological polar surface area (TPSA) is 185 Å². The van der Waals surface area contributed by atoms with E-state index in [-0.39, 0.29) is 19.3 Å². The molecule has 2 amide bonds. The third kappa shape index (κ3) is 9.06. The molecule has 0 aromatic rings. The number of rotatable bonds is 12. The number of hydrogen-bond acceptors (Lipinski definition) is 6. The predicted octanol–water partition coefficient (Wildman–Crippen LogP) is -1.62. The maximum Gasteiger partial charge on any atom is 0.325 e. The van der Waals surface area contributed by atoms with Crippen molar-refractivity contribution in [1.82, 2.24) is 10.6 Å². The van der Waals surface area contributed by atoms with E-state index in [1.54, 1.807) is 0 Å². The zero-order chi connectivity index (χ0) is 18.7. The molecule has 0 aliphatic rings. The summed E-state index contributed by atoms with van der Waals surface area (Å²) >= 11 is 0. The van der Waals surface area contributed by atoms with Crippen molar-refractivity contribution in [1.29, 1.82) is 0 Å². The van der Waals surface area contributed by atoms with Gasteiger partial charge in [-0.15, -0.1) is 0 Å². The van der Waals surface area contributed by atoms with Crippen LogP contribution in [0, 0.1) is 0 Å². The first kappa shape index (κ1) is 21.8. The standard InChI is InChI=1S/C14H26N4O6/c1-8(14(23)24)17-13(22)10(4-2-3-7-15)18-12(21)9(16)5-6-11(19)20/h8-10H,2-7,15-16H2,1H3,(H,17,22)(H,18,21)(H,19,20)(H,23,24)/t8-,9-,10+/m1/s1. The summed E-state index contributed by atoms with van der Waals surface area (Å²) in [6, 6.07) is -3.13. The van der Waals surface area contributed by atoms with Crippen LogP contribution in [0.3, 0.4) is 0 Å². The molecular formula is C14H26N4O6. The molecule has 138 valence electrons. The van der Waals surface area contributed by atoms with E-state index in [4.69, 9.17) is 21.7 Å². The van der Waals surface area contributed by atoms with Crippen molar-refractivity contribution in [3.63, 3.8) is 0 Å². The molecule has 0 aliphatic heterocycles. The summed E-state index contributed by atoms with van der Waals surface area (Å²) in [4.78, 5) is 45.4. The molecule has 0 bridgehead atoms. The second-order valence-corrected chi connectivity index (χ2v) is 5.45. The molecule has 0 fully saturated rings. The zero-order valence-electron chi connectivity index (χ0n) is 13.7. The Morgan fingerprint density at radius 2 is 1.62 bits per heavy atom. The minimum absolute atomic E-state index is 0.0656. The van der Waals surface area contributed by atoms with Crippen LogP contribution >= 0.6 is 0 Å². The van der Waals surface area contributed by atoms with E-state index in [9.17, 15) is 19.2 Å². The van der Waals surface area contributed by atoms with Crippen LogP contribution in [-0.2, 0) is 19.2 Å². The third-order valence-corrected chi connectivity index (χ3v) is 3.32. The Kier molecular flexibility index (Phi) is 10.3.